The van der Waals surface area contributed by atoms with Crippen LogP contribution in [0.4, 0.5) is 5.69 Å². The van der Waals surface area contributed by atoms with Crippen LogP contribution in [0.1, 0.15) is 21.5 Å². The van der Waals surface area contributed by atoms with Gasteiger partial charge in [0.1, 0.15) is 6.61 Å². The number of amides is 1. The van der Waals surface area contributed by atoms with Gasteiger partial charge in [0.25, 0.3) is 5.91 Å². The van der Waals surface area contributed by atoms with Gasteiger partial charge in [-0.25, -0.2) is 0 Å². The van der Waals surface area contributed by atoms with E-state index in [2.05, 4.69) is 17.2 Å². The van der Waals surface area contributed by atoms with Gasteiger partial charge in [-0.1, -0.05) is 11.8 Å². The summed E-state index contributed by atoms with van der Waals surface area (Å²) in [5.74, 6) is 5.31. The maximum Gasteiger partial charge on any atom is 0.256 e. The molecule has 2 N–H and O–H groups in total. The summed E-state index contributed by atoms with van der Waals surface area (Å²) in [6, 6.07) is 7.31. The molecule has 0 unspecified atom stereocenters. The Bertz CT molecular complexity index is 636. The molecule has 0 aliphatic rings. The van der Waals surface area contributed by atoms with Crippen LogP contribution in [0.3, 0.4) is 0 Å². The van der Waals surface area contributed by atoms with Crippen LogP contribution in [-0.2, 0) is 0 Å². The predicted molar refractivity (Wildman–Crippen MR) is 77.4 cm³/mol. The Morgan fingerprint density at radius 3 is 2.89 bits per heavy atom. The van der Waals surface area contributed by atoms with Crippen molar-refractivity contribution < 1.29 is 9.90 Å². The molecule has 0 saturated heterocycles. The number of carbonyl (C=O) groups excluding carboxylic acids is 1. The number of aryl methyl sites for hydroxylation is 1. The smallest absolute Gasteiger partial charge is 0.256 e. The summed E-state index contributed by atoms with van der Waals surface area (Å²) >= 11 is 1.49. The van der Waals surface area contributed by atoms with Crippen molar-refractivity contribution in [3.63, 3.8) is 0 Å². The van der Waals surface area contributed by atoms with E-state index in [1.165, 1.54) is 11.3 Å². The fourth-order valence-electron chi connectivity index (χ4n) is 1.61. The second kappa shape index (κ2) is 6.19. The summed E-state index contributed by atoms with van der Waals surface area (Å²) in [6.45, 7) is 1.75. The first-order valence-electron chi connectivity index (χ1n) is 5.74. The van der Waals surface area contributed by atoms with E-state index in [0.29, 0.717) is 5.56 Å². The van der Waals surface area contributed by atoms with Gasteiger partial charge in [0.15, 0.2) is 0 Å². The highest BCUT2D eigenvalue weighted by Crippen LogP contribution is 2.17. The monoisotopic (exact) mass is 271 g/mol. The third-order valence-corrected chi connectivity index (χ3v) is 3.25. The summed E-state index contributed by atoms with van der Waals surface area (Å²) in [5, 5.41) is 15.2. The quantitative estimate of drug-likeness (QED) is 0.825. The molecule has 2 rings (SSSR count). The number of carbonyl (C=O) groups is 1. The van der Waals surface area contributed by atoms with Crippen molar-refractivity contribution in [2.75, 3.05) is 11.9 Å². The third-order valence-electron chi connectivity index (χ3n) is 2.57. The lowest BCUT2D eigenvalue weighted by atomic mass is 10.1. The van der Waals surface area contributed by atoms with Gasteiger partial charge in [0, 0.05) is 16.6 Å². The first-order valence-corrected chi connectivity index (χ1v) is 6.69. The van der Waals surface area contributed by atoms with Crippen LogP contribution in [0.25, 0.3) is 0 Å². The molecule has 0 radical (unpaired) electrons. The molecule has 2 aromatic rings. The minimum Gasteiger partial charge on any atom is -0.384 e. The maximum absolute atomic E-state index is 11.9. The molecule has 0 saturated carbocycles. The molecule has 0 aliphatic heterocycles. The molecular formula is C15H13NO2S. The molecule has 4 heteroatoms. The molecule has 1 aromatic carbocycles. The Kier molecular flexibility index (Phi) is 4.35. The van der Waals surface area contributed by atoms with Crippen LogP contribution in [0.15, 0.2) is 35.0 Å². The fourth-order valence-corrected chi connectivity index (χ4v) is 2.25. The summed E-state index contributed by atoms with van der Waals surface area (Å²) in [7, 11) is 0. The summed E-state index contributed by atoms with van der Waals surface area (Å²) < 4.78 is 0. The van der Waals surface area contributed by atoms with E-state index < -0.39 is 0 Å². The average Bonchev–Trinajstić information content (AvgIpc) is 2.93. The van der Waals surface area contributed by atoms with Crippen molar-refractivity contribution in [2.24, 2.45) is 0 Å². The van der Waals surface area contributed by atoms with Crippen molar-refractivity contribution in [1.82, 2.24) is 0 Å². The van der Waals surface area contributed by atoms with Gasteiger partial charge in [-0.15, -0.1) is 0 Å². The van der Waals surface area contributed by atoms with Gasteiger partial charge in [-0.3, -0.25) is 4.79 Å². The normalized spacial score (nSPS) is 9.58. The van der Waals surface area contributed by atoms with E-state index in [1.807, 2.05) is 35.9 Å². The molecule has 0 spiro atoms. The number of rotatable bonds is 2. The third kappa shape index (κ3) is 3.44. The Hall–Kier alpha value is -2.09. The van der Waals surface area contributed by atoms with Crippen LogP contribution in [0.5, 0.6) is 0 Å². The maximum atomic E-state index is 11.9. The Morgan fingerprint density at radius 1 is 1.42 bits per heavy atom. The van der Waals surface area contributed by atoms with Crippen molar-refractivity contribution in [2.45, 2.75) is 6.92 Å². The Labute approximate surface area is 115 Å². The Balaban J connectivity index is 2.15. The lowest BCUT2D eigenvalue weighted by molar-refractivity contribution is 0.102. The molecular weight excluding hydrogens is 258 g/mol. The van der Waals surface area contributed by atoms with E-state index in [-0.39, 0.29) is 12.5 Å². The van der Waals surface area contributed by atoms with E-state index in [4.69, 9.17) is 5.11 Å². The van der Waals surface area contributed by atoms with Crippen LogP contribution in [0, 0.1) is 18.8 Å². The molecule has 1 amide bonds. The second-order valence-corrected chi connectivity index (χ2v) is 4.74. The molecule has 1 heterocycles. The zero-order valence-corrected chi connectivity index (χ0v) is 11.3. The van der Waals surface area contributed by atoms with E-state index in [1.54, 1.807) is 6.07 Å². The topological polar surface area (TPSA) is 49.3 Å². The van der Waals surface area contributed by atoms with Gasteiger partial charge in [0.05, 0.1) is 5.56 Å². The number of anilines is 1. The summed E-state index contributed by atoms with van der Waals surface area (Å²) in [5.41, 5.74) is 3.19. The van der Waals surface area contributed by atoms with Crippen LogP contribution >= 0.6 is 11.3 Å². The van der Waals surface area contributed by atoms with Crippen molar-refractivity contribution in [3.05, 3.63) is 51.7 Å². The minimum absolute atomic E-state index is 0.112. The minimum atomic E-state index is -0.157. The zero-order valence-electron chi connectivity index (χ0n) is 10.4. The molecule has 3 nitrogen and oxygen atoms in total. The largest absolute Gasteiger partial charge is 0.384 e. The van der Waals surface area contributed by atoms with Crippen molar-refractivity contribution >= 4 is 22.9 Å². The first kappa shape index (κ1) is 13.3. The molecule has 19 heavy (non-hydrogen) atoms. The Morgan fingerprint density at radius 2 is 2.26 bits per heavy atom. The lowest BCUT2D eigenvalue weighted by Crippen LogP contribution is -2.11. The number of hydrogen-bond acceptors (Lipinski definition) is 3. The highest BCUT2D eigenvalue weighted by Gasteiger charge is 2.07. The van der Waals surface area contributed by atoms with Crippen molar-refractivity contribution in [1.29, 1.82) is 0 Å². The number of nitrogens with one attached hydrogen (secondary N) is 1. The lowest BCUT2D eigenvalue weighted by Gasteiger charge is -2.07. The second-order valence-electron chi connectivity index (χ2n) is 3.96. The van der Waals surface area contributed by atoms with Crippen LogP contribution in [-0.4, -0.2) is 17.6 Å². The van der Waals surface area contributed by atoms with Gasteiger partial charge < -0.3 is 10.4 Å². The van der Waals surface area contributed by atoms with Crippen LogP contribution < -0.4 is 5.32 Å². The van der Waals surface area contributed by atoms with Crippen molar-refractivity contribution in [3.8, 4) is 11.8 Å². The van der Waals surface area contributed by atoms with Gasteiger partial charge in [-0.05, 0) is 42.1 Å². The fraction of sp³-hybridized carbons (Fsp3) is 0.133. The standard InChI is InChI=1S/C15H13NO2S/c1-11-9-12(3-2-7-17)4-5-14(11)16-15(18)13-6-8-19-10-13/h4-6,8-10,17H,7H2,1H3,(H,16,18). The molecule has 0 fully saturated rings. The number of hydrogen-bond donors (Lipinski definition) is 2. The molecule has 96 valence electrons. The SMILES string of the molecule is Cc1cc(C#CCO)ccc1NC(=O)c1ccsc1. The average molecular weight is 271 g/mol. The van der Waals surface area contributed by atoms with E-state index in [9.17, 15) is 4.79 Å². The highest BCUT2D eigenvalue weighted by molar-refractivity contribution is 7.08. The molecule has 0 aliphatic carbocycles. The molecule has 0 bridgehead atoms. The number of aliphatic hydroxyl groups is 1. The van der Waals surface area contributed by atoms with E-state index in [0.717, 1.165) is 16.8 Å². The summed E-state index contributed by atoms with van der Waals surface area (Å²) in [4.78, 5) is 11.9. The molecule has 0 atom stereocenters. The summed E-state index contributed by atoms with van der Waals surface area (Å²) in [6.07, 6.45) is 0. The first-order chi connectivity index (χ1) is 9.20. The van der Waals surface area contributed by atoms with E-state index >= 15 is 0 Å². The number of aliphatic hydroxyl groups excluding tert-OH is 1. The number of thiophene rings is 1. The number of benzene rings is 1. The predicted octanol–water partition coefficient (Wildman–Crippen LogP) is 2.65. The van der Waals surface area contributed by atoms with Gasteiger partial charge in [-0.2, -0.15) is 11.3 Å². The molecule has 1 aromatic heterocycles. The van der Waals surface area contributed by atoms with Crippen LogP contribution in [0.2, 0.25) is 0 Å². The zero-order chi connectivity index (χ0) is 13.7. The van der Waals surface area contributed by atoms with Gasteiger partial charge in [0.2, 0.25) is 0 Å². The van der Waals surface area contributed by atoms with Gasteiger partial charge >= 0.3 is 0 Å². The highest BCUT2D eigenvalue weighted by atomic mass is 32.1.